The third-order valence-corrected chi connectivity index (χ3v) is 4.74. The van der Waals surface area contributed by atoms with Crippen LogP contribution in [-0.2, 0) is 9.84 Å². The van der Waals surface area contributed by atoms with Gasteiger partial charge < -0.3 is 10.2 Å². The Morgan fingerprint density at radius 3 is 2.57 bits per heavy atom. The van der Waals surface area contributed by atoms with Crippen molar-refractivity contribution in [3.63, 3.8) is 0 Å². The Balaban J connectivity index is 2.53. The van der Waals surface area contributed by atoms with Gasteiger partial charge in [-0.15, -0.1) is 0 Å². The molecule has 0 radical (unpaired) electrons. The molecule has 21 heavy (non-hydrogen) atoms. The lowest BCUT2D eigenvalue weighted by Gasteiger charge is -2.34. The Kier molecular flexibility index (Phi) is 4.16. The molecule has 1 atom stereocenters. The van der Waals surface area contributed by atoms with Gasteiger partial charge in [-0.2, -0.15) is 13.2 Å². The number of halogens is 4. The van der Waals surface area contributed by atoms with Crippen LogP contribution in [0.15, 0.2) is 23.1 Å². The van der Waals surface area contributed by atoms with Gasteiger partial charge >= 0.3 is 5.51 Å². The SMILES string of the molecule is C[C@H]1CN(c2ccc(F)cc2S(=O)(=O)C(F)(F)F)CCN1. The highest BCUT2D eigenvalue weighted by atomic mass is 32.2. The molecule has 9 heteroatoms. The second-order valence-corrected chi connectivity index (χ2v) is 6.77. The van der Waals surface area contributed by atoms with Crippen LogP contribution in [0.2, 0.25) is 0 Å². The lowest BCUT2D eigenvalue weighted by Crippen LogP contribution is -2.49. The maximum absolute atomic E-state index is 13.2. The van der Waals surface area contributed by atoms with E-state index in [-0.39, 0.29) is 11.7 Å². The van der Waals surface area contributed by atoms with Crippen LogP contribution in [0.4, 0.5) is 23.2 Å². The van der Waals surface area contributed by atoms with Crippen LogP contribution in [0.3, 0.4) is 0 Å². The molecule has 0 saturated carbocycles. The Morgan fingerprint density at radius 2 is 2.00 bits per heavy atom. The Labute approximate surface area is 119 Å². The van der Waals surface area contributed by atoms with Gasteiger partial charge in [-0.25, -0.2) is 12.8 Å². The van der Waals surface area contributed by atoms with Gasteiger partial charge in [0.2, 0.25) is 0 Å². The summed E-state index contributed by atoms with van der Waals surface area (Å²) >= 11 is 0. The molecule has 1 aliphatic rings. The zero-order valence-electron chi connectivity index (χ0n) is 11.1. The molecule has 1 aromatic carbocycles. The third-order valence-electron chi connectivity index (χ3n) is 3.23. The van der Waals surface area contributed by atoms with Crippen molar-refractivity contribution in [2.45, 2.75) is 23.4 Å². The van der Waals surface area contributed by atoms with E-state index < -0.39 is 26.1 Å². The van der Waals surface area contributed by atoms with E-state index in [2.05, 4.69) is 5.32 Å². The third kappa shape index (κ3) is 3.13. The highest BCUT2D eigenvalue weighted by Gasteiger charge is 2.48. The second kappa shape index (κ2) is 5.45. The number of sulfone groups is 1. The average molecular weight is 326 g/mol. The summed E-state index contributed by atoms with van der Waals surface area (Å²) in [6, 6.07) is 2.44. The summed E-state index contributed by atoms with van der Waals surface area (Å²) in [5, 5.41) is 3.09. The van der Waals surface area contributed by atoms with E-state index >= 15 is 0 Å². The molecule has 0 aromatic heterocycles. The zero-order valence-corrected chi connectivity index (χ0v) is 11.9. The van der Waals surface area contributed by atoms with E-state index in [4.69, 9.17) is 0 Å². The van der Waals surface area contributed by atoms with Crippen LogP contribution in [0.1, 0.15) is 6.92 Å². The molecule has 1 aliphatic heterocycles. The topological polar surface area (TPSA) is 49.4 Å². The van der Waals surface area contributed by atoms with Gasteiger partial charge in [0.15, 0.2) is 0 Å². The Morgan fingerprint density at radius 1 is 1.33 bits per heavy atom. The monoisotopic (exact) mass is 326 g/mol. The van der Waals surface area contributed by atoms with E-state index in [0.29, 0.717) is 25.7 Å². The zero-order chi connectivity index (χ0) is 15.8. The molecule has 1 saturated heterocycles. The number of hydrogen-bond donors (Lipinski definition) is 1. The van der Waals surface area contributed by atoms with Gasteiger partial charge in [-0.1, -0.05) is 0 Å². The van der Waals surface area contributed by atoms with Gasteiger partial charge in [-0.05, 0) is 25.1 Å². The van der Waals surface area contributed by atoms with E-state index in [1.54, 1.807) is 0 Å². The molecule has 1 heterocycles. The predicted molar refractivity (Wildman–Crippen MR) is 69.3 cm³/mol. The fraction of sp³-hybridized carbons (Fsp3) is 0.500. The number of alkyl halides is 3. The second-order valence-electron chi connectivity index (χ2n) is 4.86. The standard InChI is InChI=1S/C12H14F4N2O2S/c1-8-7-18(5-4-17-8)10-3-2-9(13)6-11(10)21(19,20)12(14,15)16/h2-3,6,8,17H,4-5,7H2,1H3/t8-/m0/s1. The average Bonchev–Trinajstić information content (AvgIpc) is 2.37. The quantitative estimate of drug-likeness (QED) is 0.844. The number of anilines is 1. The van der Waals surface area contributed by atoms with Gasteiger partial charge in [-0.3, -0.25) is 0 Å². The number of hydrogen-bond acceptors (Lipinski definition) is 4. The van der Waals surface area contributed by atoms with Gasteiger partial charge in [0.25, 0.3) is 9.84 Å². The lowest BCUT2D eigenvalue weighted by atomic mass is 10.2. The minimum absolute atomic E-state index is 0.00903. The number of piperazine rings is 1. The first-order valence-corrected chi connectivity index (χ1v) is 7.70. The normalized spacial score (nSPS) is 20.6. The fourth-order valence-electron chi connectivity index (χ4n) is 2.24. The summed E-state index contributed by atoms with van der Waals surface area (Å²) in [5.74, 6) is -1.02. The van der Waals surface area contributed by atoms with E-state index in [9.17, 15) is 26.0 Å². The summed E-state index contributed by atoms with van der Waals surface area (Å²) in [6.45, 7) is 3.01. The van der Waals surface area contributed by atoms with Crippen molar-refractivity contribution in [3.8, 4) is 0 Å². The van der Waals surface area contributed by atoms with Gasteiger partial charge in [0.1, 0.15) is 10.7 Å². The minimum atomic E-state index is -5.60. The lowest BCUT2D eigenvalue weighted by molar-refractivity contribution is -0.0435. The van der Waals surface area contributed by atoms with Gasteiger partial charge in [0.05, 0.1) is 5.69 Å². The molecule has 0 unspecified atom stereocenters. The van der Waals surface area contributed by atoms with Crippen molar-refractivity contribution in [3.05, 3.63) is 24.0 Å². The molecular formula is C12H14F4N2O2S. The summed E-state index contributed by atoms with van der Waals surface area (Å²) in [5.41, 5.74) is -5.59. The first-order chi connectivity index (χ1) is 9.63. The molecule has 0 aliphatic carbocycles. The largest absolute Gasteiger partial charge is 0.501 e. The maximum atomic E-state index is 13.2. The van der Waals surface area contributed by atoms with E-state index in [0.717, 1.165) is 12.1 Å². The molecule has 0 bridgehead atoms. The van der Waals surface area contributed by atoms with Crippen molar-refractivity contribution in [2.24, 2.45) is 0 Å². The Bertz CT molecular complexity index is 631. The Hall–Kier alpha value is -1.35. The number of benzene rings is 1. The smallest absolute Gasteiger partial charge is 0.368 e. The summed E-state index contributed by atoms with van der Waals surface area (Å²) in [6.07, 6.45) is 0. The van der Waals surface area contributed by atoms with Crippen LogP contribution in [0.5, 0.6) is 0 Å². The van der Waals surface area contributed by atoms with Crippen molar-refractivity contribution in [1.29, 1.82) is 0 Å². The predicted octanol–water partition coefficient (Wildman–Crippen LogP) is 1.92. The number of nitrogens with one attached hydrogen (secondary N) is 1. The molecule has 0 spiro atoms. The van der Waals surface area contributed by atoms with Crippen LogP contribution in [0, 0.1) is 5.82 Å². The van der Waals surface area contributed by atoms with Crippen LogP contribution >= 0.6 is 0 Å². The molecule has 0 amide bonds. The fourth-order valence-corrected chi connectivity index (χ4v) is 3.23. The van der Waals surface area contributed by atoms with Crippen molar-refractivity contribution in [1.82, 2.24) is 5.32 Å². The van der Waals surface area contributed by atoms with Gasteiger partial charge in [0, 0.05) is 25.7 Å². The molecular weight excluding hydrogens is 312 g/mol. The highest BCUT2D eigenvalue weighted by Crippen LogP contribution is 2.36. The highest BCUT2D eigenvalue weighted by molar-refractivity contribution is 7.92. The number of nitrogens with zero attached hydrogens (tertiary/aromatic N) is 1. The van der Waals surface area contributed by atoms with Crippen LogP contribution in [0.25, 0.3) is 0 Å². The molecule has 1 aromatic rings. The van der Waals surface area contributed by atoms with Crippen molar-refractivity contribution < 1.29 is 26.0 Å². The molecule has 1 N–H and O–H groups in total. The van der Waals surface area contributed by atoms with E-state index in [1.165, 1.54) is 4.90 Å². The summed E-state index contributed by atoms with van der Waals surface area (Å²) < 4.78 is 74.7. The number of rotatable bonds is 2. The first-order valence-electron chi connectivity index (χ1n) is 6.22. The van der Waals surface area contributed by atoms with Crippen LogP contribution in [-0.4, -0.2) is 39.6 Å². The molecule has 2 rings (SSSR count). The maximum Gasteiger partial charge on any atom is 0.501 e. The molecule has 1 fully saturated rings. The molecule has 118 valence electrons. The van der Waals surface area contributed by atoms with Crippen molar-refractivity contribution >= 4 is 15.5 Å². The van der Waals surface area contributed by atoms with Crippen molar-refractivity contribution in [2.75, 3.05) is 24.5 Å². The summed E-state index contributed by atoms with van der Waals surface area (Å²) in [7, 11) is -5.60. The first kappa shape index (κ1) is 16.0. The summed E-state index contributed by atoms with van der Waals surface area (Å²) in [4.78, 5) is 0.475. The van der Waals surface area contributed by atoms with Crippen LogP contribution < -0.4 is 10.2 Å². The minimum Gasteiger partial charge on any atom is -0.368 e. The van der Waals surface area contributed by atoms with E-state index in [1.807, 2.05) is 6.92 Å². The molecule has 4 nitrogen and oxygen atoms in total.